The number of para-hydroxylation sites is 1. The Morgan fingerprint density at radius 3 is 2.75 bits per heavy atom. The van der Waals surface area contributed by atoms with Gasteiger partial charge in [0, 0.05) is 7.05 Å². The molecular formula is C13H16N4O2S. The number of ether oxygens (including phenoxy) is 1. The molecular weight excluding hydrogens is 276 g/mol. The van der Waals surface area contributed by atoms with Crippen LogP contribution in [-0.4, -0.2) is 33.0 Å². The largest absolute Gasteiger partial charge is 0.496 e. The number of rotatable bonds is 5. The Bertz CT molecular complexity index is 627. The molecule has 1 heterocycles. The minimum Gasteiger partial charge on any atom is -0.496 e. The van der Waals surface area contributed by atoms with E-state index in [1.54, 1.807) is 14.0 Å². The maximum absolute atomic E-state index is 11.1. The monoisotopic (exact) mass is 292 g/mol. The number of aromatic nitrogens is 3. The Balaban J connectivity index is 2.36. The minimum absolute atomic E-state index is 0.358. The molecule has 0 saturated heterocycles. The highest BCUT2D eigenvalue weighted by atomic mass is 32.2. The first-order valence-electron chi connectivity index (χ1n) is 6.03. The van der Waals surface area contributed by atoms with Gasteiger partial charge in [0.15, 0.2) is 11.0 Å². The molecule has 1 aromatic carbocycles. The van der Waals surface area contributed by atoms with E-state index in [4.69, 9.17) is 10.5 Å². The Hall–Kier alpha value is -2.02. The zero-order chi connectivity index (χ0) is 14.7. The molecule has 0 radical (unpaired) electrons. The summed E-state index contributed by atoms with van der Waals surface area (Å²) in [4.78, 5) is 11.1. The Kier molecular flexibility index (Phi) is 4.29. The molecule has 0 spiro atoms. The summed E-state index contributed by atoms with van der Waals surface area (Å²) in [6.07, 6.45) is 0. The molecule has 2 rings (SSSR count). The van der Waals surface area contributed by atoms with Crippen molar-refractivity contribution in [2.24, 2.45) is 12.8 Å². The lowest BCUT2D eigenvalue weighted by atomic mass is 10.2. The van der Waals surface area contributed by atoms with Crippen molar-refractivity contribution in [1.29, 1.82) is 0 Å². The molecule has 2 N–H and O–H groups in total. The minimum atomic E-state index is -0.378. The standard InChI is InChI=1S/C13H16N4O2S/c1-8(11(14)18)20-13-16-15-12(17(13)2)9-6-4-5-7-10(9)19-3/h4-8H,1-3H3,(H2,14,18). The van der Waals surface area contributed by atoms with Gasteiger partial charge >= 0.3 is 0 Å². The molecule has 2 aromatic rings. The van der Waals surface area contributed by atoms with E-state index in [9.17, 15) is 4.79 Å². The molecule has 1 amide bonds. The third-order valence-corrected chi connectivity index (χ3v) is 4.02. The van der Waals surface area contributed by atoms with Crippen LogP contribution in [0.1, 0.15) is 6.92 Å². The van der Waals surface area contributed by atoms with Crippen molar-refractivity contribution in [3.05, 3.63) is 24.3 Å². The van der Waals surface area contributed by atoms with E-state index in [-0.39, 0.29) is 11.2 Å². The number of primary amides is 1. The number of hydrogen-bond acceptors (Lipinski definition) is 5. The zero-order valence-electron chi connectivity index (χ0n) is 11.5. The van der Waals surface area contributed by atoms with Gasteiger partial charge in [-0.3, -0.25) is 4.79 Å². The van der Waals surface area contributed by atoms with Crippen LogP contribution >= 0.6 is 11.8 Å². The second-order valence-corrected chi connectivity index (χ2v) is 5.54. The fraction of sp³-hybridized carbons (Fsp3) is 0.308. The van der Waals surface area contributed by atoms with Crippen molar-refractivity contribution in [1.82, 2.24) is 14.8 Å². The first kappa shape index (κ1) is 14.4. The second-order valence-electron chi connectivity index (χ2n) is 4.23. The predicted molar refractivity (Wildman–Crippen MR) is 77.5 cm³/mol. The van der Waals surface area contributed by atoms with Gasteiger partial charge in [0.05, 0.1) is 17.9 Å². The Morgan fingerprint density at radius 2 is 2.10 bits per heavy atom. The van der Waals surface area contributed by atoms with E-state index < -0.39 is 0 Å². The van der Waals surface area contributed by atoms with Gasteiger partial charge in [-0.25, -0.2) is 0 Å². The average molecular weight is 292 g/mol. The molecule has 106 valence electrons. The van der Waals surface area contributed by atoms with E-state index in [1.165, 1.54) is 11.8 Å². The fourth-order valence-corrected chi connectivity index (χ4v) is 2.46. The van der Waals surface area contributed by atoms with Crippen LogP contribution < -0.4 is 10.5 Å². The molecule has 6 nitrogen and oxygen atoms in total. The number of carbonyl (C=O) groups is 1. The number of nitrogens with two attached hydrogens (primary N) is 1. The van der Waals surface area contributed by atoms with E-state index >= 15 is 0 Å². The SMILES string of the molecule is COc1ccccc1-c1nnc(SC(C)C(N)=O)n1C. The summed E-state index contributed by atoms with van der Waals surface area (Å²) in [5.74, 6) is 1.03. The van der Waals surface area contributed by atoms with Crippen molar-refractivity contribution in [2.75, 3.05) is 7.11 Å². The number of hydrogen-bond donors (Lipinski definition) is 1. The third kappa shape index (κ3) is 2.77. The molecule has 0 bridgehead atoms. The molecule has 0 saturated carbocycles. The molecule has 20 heavy (non-hydrogen) atoms. The zero-order valence-corrected chi connectivity index (χ0v) is 12.3. The van der Waals surface area contributed by atoms with Crippen LogP contribution in [0.2, 0.25) is 0 Å². The van der Waals surface area contributed by atoms with Gasteiger partial charge in [-0.2, -0.15) is 0 Å². The number of methoxy groups -OCH3 is 1. The van der Waals surface area contributed by atoms with Gasteiger partial charge in [0.1, 0.15) is 5.75 Å². The normalized spacial score (nSPS) is 12.2. The highest BCUT2D eigenvalue weighted by Gasteiger charge is 2.18. The summed E-state index contributed by atoms with van der Waals surface area (Å²) in [5.41, 5.74) is 6.11. The predicted octanol–water partition coefficient (Wildman–Crippen LogP) is 1.46. The third-order valence-electron chi connectivity index (χ3n) is 2.87. The van der Waals surface area contributed by atoms with E-state index in [0.29, 0.717) is 11.0 Å². The maximum atomic E-state index is 11.1. The molecule has 7 heteroatoms. The summed E-state index contributed by atoms with van der Waals surface area (Å²) < 4.78 is 7.14. The Morgan fingerprint density at radius 1 is 1.40 bits per heavy atom. The molecule has 0 fully saturated rings. The van der Waals surface area contributed by atoms with Gasteiger partial charge in [-0.15, -0.1) is 10.2 Å². The first-order chi connectivity index (χ1) is 9.54. The van der Waals surface area contributed by atoms with Crippen LogP contribution in [0.4, 0.5) is 0 Å². The van der Waals surface area contributed by atoms with E-state index in [1.807, 2.05) is 35.9 Å². The van der Waals surface area contributed by atoms with Gasteiger partial charge in [-0.1, -0.05) is 23.9 Å². The Labute approximate surface area is 121 Å². The molecule has 0 aliphatic carbocycles. The molecule has 1 atom stereocenters. The molecule has 0 aliphatic rings. The fourth-order valence-electron chi connectivity index (χ4n) is 1.70. The van der Waals surface area contributed by atoms with Gasteiger partial charge in [-0.05, 0) is 19.1 Å². The summed E-state index contributed by atoms with van der Waals surface area (Å²) >= 11 is 1.28. The summed E-state index contributed by atoms with van der Waals surface area (Å²) in [6.45, 7) is 1.74. The van der Waals surface area contributed by atoms with Crippen LogP contribution in [-0.2, 0) is 11.8 Å². The maximum Gasteiger partial charge on any atom is 0.230 e. The number of nitrogens with zero attached hydrogens (tertiary/aromatic N) is 3. The summed E-state index contributed by atoms with van der Waals surface area (Å²) in [7, 11) is 3.46. The van der Waals surface area contributed by atoms with Crippen LogP contribution in [0.5, 0.6) is 5.75 Å². The van der Waals surface area contributed by atoms with Crippen LogP contribution in [0, 0.1) is 0 Å². The van der Waals surface area contributed by atoms with Crippen molar-refractivity contribution in [3.8, 4) is 17.1 Å². The average Bonchev–Trinajstić information content (AvgIpc) is 2.80. The topological polar surface area (TPSA) is 83.0 Å². The smallest absolute Gasteiger partial charge is 0.230 e. The van der Waals surface area contributed by atoms with E-state index in [0.717, 1.165) is 11.3 Å². The van der Waals surface area contributed by atoms with Crippen LogP contribution in [0.3, 0.4) is 0 Å². The van der Waals surface area contributed by atoms with Crippen LogP contribution in [0.25, 0.3) is 11.4 Å². The number of benzene rings is 1. The van der Waals surface area contributed by atoms with Crippen molar-refractivity contribution < 1.29 is 9.53 Å². The second kappa shape index (κ2) is 5.96. The van der Waals surface area contributed by atoms with Crippen LogP contribution in [0.15, 0.2) is 29.4 Å². The lowest BCUT2D eigenvalue weighted by Gasteiger charge is -2.09. The van der Waals surface area contributed by atoms with Crippen molar-refractivity contribution in [2.45, 2.75) is 17.3 Å². The van der Waals surface area contributed by atoms with Crippen molar-refractivity contribution >= 4 is 17.7 Å². The summed E-state index contributed by atoms with van der Waals surface area (Å²) in [6, 6.07) is 7.58. The van der Waals surface area contributed by atoms with Gasteiger partial charge in [0.25, 0.3) is 0 Å². The van der Waals surface area contributed by atoms with E-state index in [2.05, 4.69) is 10.2 Å². The number of amides is 1. The van der Waals surface area contributed by atoms with Gasteiger partial charge < -0.3 is 15.0 Å². The van der Waals surface area contributed by atoms with Gasteiger partial charge in [0.2, 0.25) is 5.91 Å². The lowest BCUT2D eigenvalue weighted by Crippen LogP contribution is -2.22. The van der Waals surface area contributed by atoms with Crippen molar-refractivity contribution in [3.63, 3.8) is 0 Å². The molecule has 1 aromatic heterocycles. The number of carbonyl (C=O) groups excluding carboxylic acids is 1. The highest BCUT2D eigenvalue weighted by molar-refractivity contribution is 8.00. The molecule has 1 unspecified atom stereocenters. The lowest BCUT2D eigenvalue weighted by molar-refractivity contribution is -0.117. The highest BCUT2D eigenvalue weighted by Crippen LogP contribution is 2.30. The molecule has 0 aliphatic heterocycles. The number of thioether (sulfide) groups is 1. The quantitative estimate of drug-likeness (QED) is 0.843. The first-order valence-corrected chi connectivity index (χ1v) is 6.91. The summed E-state index contributed by atoms with van der Waals surface area (Å²) in [5, 5.41) is 8.55.